The Bertz CT molecular complexity index is 534. The summed E-state index contributed by atoms with van der Waals surface area (Å²) in [7, 11) is 1.74. The monoisotopic (exact) mass is 314 g/mol. The van der Waals surface area contributed by atoms with E-state index in [2.05, 4.69) is 5.32 Å². The molecule has 1 aliphatic rings. The first kappa shape index (κ1) is 15.1. The van der Waals surface area contributed by atoms with Crippen molar-refractivity contribution in [3.8, 4) is 0 Å². The minimum atomic E-state index is -0.109. The molecule has 0 radical (unpaired) electrons. The molecule has 6 heteroatoms. The van der Waals surface area contributed by atoms with Crippen LogP contribution >= 0.6 is 23.2 Å². The maximum absolute atomic E-state index is 12.0. The normalized spacial score (nSPS) is 19.1. The van der Waals surface area contributed by atoms with E-state index in [1.54, 1.807) is 30.1 Å². The molecule has 20 heavy (non-hydrogen) atoms. The van der Waals surface area contributed by atoms with E-state index >= 15 is 0 Å². The van der Waals surface area contributed by atoms with Crippen LogP contribution in [0.1, 0.15) is 18.4 Å². The Kier molecular flexibility index (Phi) is 4.89. The van der Waals surface area contributed by atoms with Gasteiger partial charge in [-0.25, -0.2) is 0 Å². The van der Waals surface area contributed by atoms with Crippen LogP contribution in [0.3, 0.4) is 0 Å². The third-order valence-electron chi connectivity index (χ3n) is 3.35. The molecule has 0 saturated carbocycles. The number of hydrogen-bond donors (Lipinski definition) is 1. The molecule has 1 atom stereocenters. The van der Waals surface area contributed by atoms with Gasteiger partial charge < -0.3 is 10.2 Å². The van der Waals surface area contributed by atoms with Gasteiger partial charge in [0, 0.05) is 36.1 Å². The van der Waals surface area contributed by atoms with E-state index in [4.69, 9.17) is 23.2 Å². The summed E-state index contributed by atoms with van der Waals surface area (Å²) in [6.07, 6.45) is 1.34. The van der Waals surface area contributed by atoms with Crippen molar-refractivity contribution in [1.82, 2.24) is 10.2 Å². The van der Waals surface area contributed by atoms with Crippen LogP contribution < -0.4 is 5.32 Å². The lowest BCUT2D eigenvalue weighted by atomic mass is 10.0. The van der Waals surface area contributed by atoms with Crippen LogP contribution in [0.2, 0.25) is 10.0 Å². The van der Waals surface area contributed by atoms with E-state index < -0.39 is 0 Å². The number of rotatable bonds is 3. The molecule has 0 aliphatic carbocycles. The van der Waals surface area contributed by atoms with Gasteiger partial charge in [-0.15, -0.1) is 0 Å². The van der Waals surface area contributed by atoms with Crippen molar-refractivity contribution in [2.45, 2.75) is 25.3 Å². The van der Waals surface area contributed by atoms with Crippen LogP contribution in [0.25, 0.3) is 0 Å². The summed E-state index contributed by atoms with van der Waals surface area (Å²) in [5, 5.41) is 4.01. The lowest BCUT2D eigenvalue weighted by Gasteiger charge is -2.30. The van der Waals surface area contributed by atoms with E-state index in [0.717, 1.165) is 0 Å². The van der Waals surface area contributed by atoms with Gasteiger partial charge in [-0.2, -0.15) is 0 Å². The first-order valence-electron chi connectivity index (χ1n) is 6.43. The summed E-state index contributed by atoms with van der Waals surface area (Å²) >= 11 is 11.9. The van der Waals surface area contributed by atoms with Gasteiger partial charge >= 0.3 is 0 Å². The molecule has 1 N–H and O–H groups in total. The number of nitrogens with zero attached hydrogens (tertiary/aromatic N) is 1. The Morgan fingerprint density at radius 1 is 1.45 bits per heavy atom. The Balaban J connectivity index is 1.92. The summed E-state index contributed by atoms with van der Waals surface area (Å²) < 4.78 is 0. The highest BCUT2D eigenvalue weighted by Crippen LogP contribution is 2.21. The van der Waals surface area contributed by atoms with Crippen LogP contribution in [0.5, 0.6) is 0 Å². The highest BCUT2D eigenvalue weighted by molar-refractivity contribution is 6.33. The molecule has 1 aliphatic heterocycles. The summed E-state index contributed by atoms with van der Waals surface area (Å²) in [5.41, 5.74) is 0.705. The van der Waals surface area contributed by atoms with E-state index in [-0.39, 0.29) is 24.3 Å². The van der Waals surface area contributed by atoms with Crippen LogP contribution in [0.4, 0.5) is 0 Å². The first-order valence-corrected chi connectivity index (χ1v) is 7.18. The number of nitrogens with one attached hydrogen (secondary N) is 1. The predicted octanol–water partition coefficient (Wildman–Crippen LogP) is 2.27. The van der Waals surface area contributed by atoms with Crippen molar-refractivity contribution >= 4 is 35.0 Å². The number of benzene rings is 1. The van der Waals surface area contributed by atoms with Crippen LogP contribution in [-0.2, 0) is 16.0 Å². The van der Waals surface area contributed by atoms with Gasteiger partial charge in [0.1, 0.15) is 0 Å². The van der Waals surface area contributed by atoms with Crippen molar-refractivity contribution in [3.05, 3.63) is 33.8 Å². The van der Waals surface area contributed by atoms with Crippen molar-refractivity contribution in [2.24, 2.45) is 0 Å². The number of carbonyl (C=O) groups excluding carboxylic acids is 2. The number of likely N-dealkylation sites (tertiary alicyclic amines) is 1. The Morgan fingerprint density at radius 3 is 2.90 bits per heavy atom. The zero-order valence-corrected chi connectivity index (χ0v) is 12.7. The molecular formula is C14H16Cl2N2O2. The number of carbonyl (C=O) groups is 2. The maximum atomic E-state index is 12.0. The molecular weight excluding hydrogens is 299 g/mol. The first-order chi connectivity index (χ1) is 9.45. The fourth-order valence-corrected chi connectivity index (χ4v) is 2.64. The average Bonchev–Trinajstić information content (AvgIpc) is 2.38. The summed E-state index contributed by atoms with van der Waals surface area (Å²) in [4.78, 5) is 25.0. The smallest absolute Gasteiger partial charge is 0.224 e. The van der Waals surface area contributed by atoms with Gasteiger partial charge in [-0.05, 0) is 30.2 Å². The lowest BCUT2D eigenvalue weighted by molar-refractivity contribution is -0.133. The van der Waals surface area contributed by atoms with E-state index in [0.29, 0.717) is 35.0 Å². The second kappa shape index (κ2) is 6.46. The average molecular weight is 315 g/mol. The third kappa shape index (κ3) is 3.87. The summed E-state index contributed by atoms with van der Waals surface area (Å²) in [5.74, 6) is 0.00954. The quantitative estimate of drug-likeness (QED) is 0.930. The molecule has 1 unspecified atom stereocenters. The van der Waals surface area contributed by atoms with Crippen molar-refractivity contribution in [3.63, 3.8) is 0 Å². The standard InChI is InChI=1S/C14H16Cl2N2O2/c1-18-8-11(3-5-14(18)20)17-13(19)7-9-6-10(15)2-4-12(9)16/h2,4,6,11H,3,5,7-8H2,1H3,(H,17,19). The molecule has 4 nitrogen and oxygen atoms in total. The van der Waals surface area contributed by atoms with Gasteiger partial charge in [0.05, 0.1) is 6.42 Å². The number of hydrogen-bond acceptors (Lipinski definition) is 2. The fraction of sp³-hybridized carbons (Fsp3) is 0.429. The Hall–Kier alpha value is -1.26. The van der Waals surface area contributed by atoms with E-state index in [1.807, 2.05) is 0 Å². The van der Waals surface area contributed by atoms with Gasteiger partial charge in [-0.3, -0.25) is 9.59 Å². The van der Waals surface area contributed by atoms with Gasteiger partial charge in [-0.1, -0.05) is 23.2 Å². The fourth-order valence-electron chi connectivity index (χ4n) is 2.26. The molecule has 0 spiro atoms. The molecule has 0 bridgehead atoms. The molecule has 1 fully saturated rings. The molecule has 1 aromatic rings. The SMILES string of the molecule is CN1CC(NC(=O)Cc2cc(Cl)ccc2Cl)CCC1=O. The summed E-state index contributed by atoms with van der Waals surface area (Å²) in [6, 6.07) is 5.06. The zero-order chi connectivity index (χ0) is 14.7. The maximum Gasteiger partial charge on any atom is 0.224 e. The van der Waals surface area contributed by atoms with Crippen LogP contribution in [0, 0.1) is 0 Å². The number of piperidine rings is 1. The second-order valence-electron chi connectivity index (χ2n) is 4.99. The van der Waals surface area contributed by atoms with Gasteiger partial charge in [0.15, 0.2) is 0 Å². The molecule has 1 heterocycles. The molecule has 1 saturated heterocycles. The van der Waals surface area contributed by atoms with Gasteiger partial charge in [0.25, 0.3) is 0 Å². The topological polar surface area (TPSA) is 49.4 Å². The minimum absolute atomic E-state index is 0.00293. The number of halogens is 2. The second-order valence-corrected chi connectivity index (χ2v) is 5.83. The Labute approximate surface area is 128 Å². The predicted molar refractivity (Wildman–Crippen MR) is 79.0 cm³/mol. The summed E-state index contributed by atoms with van der Waals surface area (Å²) in [6.45, 7) is 0.549. The molecule has 0 aromatic heterocycles. The van der Waals surface area contributed by atoms with Crippen molar-refractivity contribution in [1.29, 1.82) is 0 Å². The van der Waals surface area contributed by atoms with E-state index in [9.17, 15) is 9.59 Å². The highest BCUT2D eigenvalue weighted by Gasteiger charge is 2.24. The highest BCUT2D eigenvalue weighted by atomic mass is 35.5. The van der Waals surface area contributed by atoms with Crippen LogP contribution in [-0.4, -0.2) is 36.3 Å². The number of amides is 2. The lowest BCUT2D eigenvalue weighted by Crippen LogP contribution is -2.48. The number of likely N-dealkylation sites (N-methyl/N-ethyl adjacent to an activating group) is 1. The van der Waals surface area contributed by atoms with Crippen molar-refractivity contribution in [2.75, 3.05) is 13.6 Å². The molecule has 2 rings (SSSR count). The largest absolute Gasteiger partial charge is 0.351 e. The van der Waals surface area contributed by atoms with Gasteiger partial charge in [0.2, 0.25) is 11.8 Å². The van der Waals surface area contributed by atoms with E-state index in [1.165, 1.54) is 0 Å². The zero-order valence-electron chi connectivity index (χ0n) is 11.2. The van der Waals surface area contributed by atoms with Crippen LogP contribution in [0.15, 0.2) is 18.2 Å². The Morgan fingerprint density at radius 2 is 2.20 bits per heavy atom. The molecule has 108 valence electrons. The van der Waals surface area contributed by atoms with Crippen molar-refractivity contribution < 1.29 is 9.59 Å². The third-order valence-corrected chi connectivity index (χ3v) is 3.95. The molecule has 1 aromatic carbocycles. The molecule has 2 amide bonds. The minimum Gasteiger partial charge on any atom is -0.351 e.